The van der Waals surface area contributed by atoms with Gasteiger partial charge < -0.3 is 21.1 Å². The first kappa shape index (κ1) is 24.7. The van der Waals surface area contributed by atoms with Crippen LogP contribution in [0.3, 0.4) is 0 Å². The number of rotatable bonds is 10. The van der Waals surface area contributed by atoms with E-state index in [4.69, 9.17) is 16.9 Å². The fraction of sp³-hybridized carbons (Fsp3) is 0.478. The molecule has 0 spiro atoms. The minimum Gasteiger partial charge on any atom is -0.376 e. The maximum Gasteiger partial charge on any atom is 0.244 e. The van der Waals surface area contributed by atoms with Crippen LogP contribution in [-0.2, 0) is 14.4 Å². The Balaban J connectivity index is 1.65. The quantitative estimate of drug-likeness (QED) is 0.301. The van der Waals surface area contributed by atoms with Crippen molar-refractivity contribution in [2.45, 2.75) is 50.3 Å². The van der Waals surface area contributed by atoms with E-state index in [1.807, 2.05) is 0 Å². The van der Waals surface area contributed by atoms with Gasteiger partial charge >= 0.3 is 0 Å². The Labute approximate surface area is 196 Å². The van der Waals surface area contributed by atoms with Crippen LogP contribution < -0.4 is 16.0 Å². The minimum absolute atomic E-state index is 0.117. The summed E-state index contributed by atoms with van der Waals surface area (Å²) in [6.07, 6.45) is 3.88. The highest BCUT2D eigenvalue weighted by Crippen LogP contribution is 2.33. The third kappa shape index (κ3) is 7.27. The predicted octanol–water partition coefficient (Wildman–Crippen LogP) is 1.67. The van der Waals surface area contributed by atoms with Gasteiger partial charge in [0, 0.05) is 29.1 Å². The highest BCUT2D eigenvalue weighted by molar-refractivity contribution is 6.30. The molecule has 1 aromatic rings. The highest BCUT2D eigenvalue weighted by atomic mass is 35.5. The van der Waals surface area contributed by atoms with Gasteiger partial charge in [-0.1, -0.05) is 30.5 Å². The molecule has 4 atom stereocenters. The molecule has 0 radical (unpaired) electrons. The fourth-order valence-corrected chi connectivity index (χ4v) is 3.92. The summed E-state index contributed by atoms with van der Waals surface area (Å²) < 4.78 is 13.9. The van der Waals surface area contributed by atoms with Crippen molar-refractivity contribution in [2.24, 2.45) is 11.8 Å². The predicted molar refractivity (Wildman–Crippen MR) is 119 cm³/mol. The number of carbonyl (C=O) groups is 3. The molecule has 8 nitrogen and oxygen atoms in total. The van der Waals surface area contributed by atoms with E-state index in [0.717, 1.165) is 25.0 Å². The molecule has 176 valence electrons. The number of hydrogen-bond acceptors (Lipinski definition) is 5. The summed E-state index contributed by atoms with van der Waals surface area (Å²) in [7, 11) is 0. The molecule has 3 amide bonds. The van der Waals surface area contributed by atoms with Crippen molar-refractivity contribution in [3.63, 3.8) is 0 Å². The Morgan fingerprint density at radius 3 is 2.67 bits per heavy atom. The first-order valence-corrected chi connectivity index (χ1v) is 11.2. The number of benzene rings is 1. The van der Waals surface area contributed by atoms with Gasteiger partial charge in [-0.05, 0) is 43.4 Å². The molecule has 4 N–H and O–H groups in total. The number of amides is 3. The molecular formula is C23H26ClFN4O4. The van der Waals surface area contributed by atoms with Gasteiger partial charge in [0.25, 0.3) is 0 Å². The second-order valence-corrected chi connectivity index (χ2v) is 8.88. The van der Waals surface area contributed by atoms with Gasteiger partial charge in [-0.2, -0.15) is 5.26 Å². The van der Waals surface area contributed by atoms with Gasteiger partial charge in [0.05, 0.1) is 12.1 Å². The normalized spacial score (nSPS) is 20.5. The number of nitrogens with one attached hydrogen (secondary N) is 3. The van der Waals surface area contributed by atoms with Gasteiger partial charge in [-0.15, -0.1) is 0 Å². The number of halogens is 2. The Kier molecular flexibility index (Phi) is 8.42. The Morgan fingerprint density at radius 2 is 2.06 bits per heavy atom. The standard InChI is InChI=1S/C23H26ClFN4O4/c24-16-5-3-14(17(25)11-16)4-6-21(31)28-19(9-13-1-2-13)23(33)29-18(20(30)12-26)10-15-7-8-27-22(15)32/h3-6,11,13,15,18-20,30H,1-2,7-10H2,(H,27,32)(H,28,31)(H,29,33)/b6-4+/t15-,18?,19-,20?/m0/s1. The first-order chi connectivity index (χ1) is 15.8. The van der Waals surface area contributed by atoms with Crippen LogP contribution in [-0.4, -0.2) is 47.6 Å². The van der Waals surface area contributed by atoms with Crippen molar-refractivity contribution in [3.05, 3.63) is 40.7 Å². The van der Waals surface area contributed by atoms with Crippen LogP contribution in [0, 0.1) is 29.0 Å². The van der Waals surface area contributed by atoms with Crippen molar-refractivity contribution < 1.29 is 23.9 Å². The van der Waals surface area contributed by atoms with E-state index in [1.54, 1.807) is 6.07 Å². The fourth-order valence-electron chi connectivity index (χ4n) is 3.76. The molecular weight excluding hydrogens is 451 g/mol. The molecule has 1 aliphatic carbocycles. The van der Waals surface area contributed by atoms with Gasteiger partial charge in [-0.3, -0.25) is 14.4 Å². The highest BCUT2D eigenvalue weighted by Gasteiger charge is 2.35. The van der Waals surface area contributed by atoms with E-state index in [1.165, 1.54) is 18.2 Å². The van der Waals surface area contributed by atoms with Crippen molar-refractivity contribution in [1.29, 1.82) is 5.26 Å². The van der Waals surface area contributed by atoms with Crippen LogP contribution in [0.4, 0.5) is 4.39 Å². The summed E-state index contributed by atoms with van der Waals surface area (Å²) in [5.74, 6) is -2.01. The zero-order valence-corrected chi connectivity index (χ0v) is 18.6. The average molecular weight is 477 g/mol. The summed E-state index contributed by atoms with van der Waals surface area (Å²) in [6, 6.07) is 3.92. The molecule has 1 saturated carbocycles. The molecule has 2 aliphatic rings. The van der Waals surface area contributed by atoms with Crippen LogP contribution in [0.5, 0.6) is 0 Å². The summed E-state index contributed by atoms with van der Waals surface area (Å²) in [6.45, 7) is 0.508. The zero-order valence-electron chi connectivity index (χ0n) is 17.9. The lowest BCUT2D eigenvalue weighted by molar-refractivity contribution is -0.129. The second-order valence-electron chi connectivity index (χ2n) is 8.44. The molecule has 10 heteroatoms. The average Bonchev–Trinajstić information content (AvgIpc) is 3.51. The number of aliphatic hydroxyl groups is 1. The third-order valence-corrected chi connectivity index (χ3v) is 6.05. The van der Waals surface area contributed by atoms with E-state index < -0.39 is 41.7 Å². The van der Waals surface area contributed by atoms with Gasteiger partial charge in [0.2, 0.25) is 17.7 Å². The SMILES string of the molecule is N#CC(O)C(C[C@@H]1CCNC1=O)NC(=O)[C@H](CC1CC1)NC(=O)/C=C/c1ccc(Cl)cc1F. The van der Waals surface area contributed by atoms with Crippen LogP contribution in [0.25, 0.3) is 6.08 Å². The topological polar surface area (TPSA) is 131 Å². The van der Waals surface area contributed by atoms with Crippen LogP contribution in [0.15, 0.2) is 24.3 Å². The van der Waals surface area contributed by atoms with Crippen molar-refractivity contribution in [1.82, 2.24) is 16.0 Å². The summed E-state index contributed by atoms with van der Waals surface area (Å²) in [4.78, 5) is 37.3. The second kappa shape index (κ2) is 11.3. The number of hydrogen-bond donors (Lipinski definition) is 4. The summed E-state index contributed by atoms with van der Waals surface area (Å²) in [5.41, 5.74) is 0.171. The lowest BCUT2D eigenvalue weighted by Crippen LogP contribution is -2.53. The van der Waals surface area contributed by atoms with Gasteiger partial charge in [0.1, 0.15) is 11.9 Å². The molecule has 3 rings (SSSR count). The van der Waals surface area contributed by atoms with E-state index in [9.17, 15) is 23.9 Å². The molecule has 1 aliphatic heterocycles. The number of nitriles is 1. The smallest absolute Gasteiger partial charge is 0.244 e. The summed E-state index contributed by atoms with van der Waals surface area (Å²) >= 11 is 5.73. The number of carbonyl (C=O) groups excluding carboxylic acids is 3. The molecule has 33 heavy (non-hydrogen) atoms. The number of aliphatic hydroxyl groups excluding tert-OH is 1. The molecule has 0 aromatic heterocycles. The van der Waals surface area contributed by atoms with Crippen molar-refractivity contribution in [3.8, 4) is 6.07 Å². The lowest BCUT2D eigenvalue weighted by atomic mass is 9.95. The molecule has 1 heterocycles. The third-order valence-electron chi connectivity index (χ3n) is 5.82. The number of nitrogens with zero attached hydrogens (tertiary/aromatic N) is 1. The largest absolute Gasteiger partial charge is 0.376 e. The monoisotopic (exact) mass is 476 g/mol. The molecule has 0 bridgehead atoms. The molecule has 2 fully saturated rings. The maximum absolute atomic E-state index is 13.9. The van der Waals surface area contributed by atoms with Gasteiger partial charge in [-0.25, -0.2) is 4.39 Å². The summed E-state index contributed by atoms with van der Waals surface area (Å²) in [5, 5.41) is 27.4. The molecule has 2 unspecified atom stereocenters. The Morgan fingerprint density at radius 1 is 1.30 bits per heavy atom. The van der Waals surface area contributed by atoms with E-state index in [2.05, 4.69) is 16.0 Å². The zero-order chi connectivity index (χ0) is 24.0. The lowest BCUT2D eigenvalue weighted by Gasteiger charge is -2.25. The molecule has 1 saturated heterocycles. The van der Waals surface area contributed by atoms with E-state index in [0.29, 0.717) is 25.3 Å². The van der Waals surface area contributed by atoms with E-state index >= 15 is 0 Å². The van der Waals surface area contributed by atoms with Crippen molar-refractivity contribution in [2.75, 3.05) is 6.54 Å². The van der Waals surface area contributed by atoms with Crippen LogP contribution in [0.2, 0.25) is 5.02 Å². The molecule has 1 aromatic carbocycles. The van der Waals surface area contributed by atoms with E-state index in [-0.39, 0.29) is 22.9 Å². The Hall–Kier alpha value is -2.96. The minimum atomic E-state index is -1.49. The maximum atomic E-state index is 13.9. The first-order valence-electron chi connectivity index (χ1n) is 10.9. The van der Waals surface area contributed by atoms with Crippen LogP contribution >= 0.6 is 11.6 Å². The van der Waals surface area contributed by atoms with Gasteiger partial charge in [0.15, 0.2) is 6.10 Å². The van der Waals surface area contributed by atoms with Crippen molar-refractivity contribution >= 4 is 35.4 Å². The van der Waals surface area contributed by atoms with Crippen LogP contribution in [0.1, 0.15) is 37.7 Å². The Bertz CT molecular complexity index is 976.